The number of nitrogens with one attached hydrogen (secondary N) is 1. The summed E-state index contributed by atoms with van der Waals surface area (Å²) in [4.78, 5) is 19.2. The molecule has 5 aromatic rings. The highest BCUT2D eigenvalue weighted by molar-refractivity contribution is 9.10. The van der Waals surface area contributed by atoms with Crippen LogP contribution in [-0.4, -0.2) is 15.0 Å². The normalized spacial score (nSPS) is 16.5. The molecule has 41 heavy (non-hydrogen) atoms. The summed E-state index contributed by atoms with van der Waals surface area (Å²) in [7, 11) is 0. The van der Waals surface area contributed by atoms with Gasteiger partial charge >= 0.3 is 0 Å². The van der Waals surface area contributed by atoms with Crippen LogP contribution in [0.5, 0.6) is 0 Å². The molecule has 2 atom stereocenters. The van der Waals surface area contributed by atoms with Gasteiger partial charge in [-0.1, -0.05) is 39.8 Å². The first-order valence-electron chi connectivity index (χ1n) is 12.8. The maximum absolute atomic E-state index is 11.0. The van der Waals surface area contributed by atoms with Crippen molar-refractivity contribution >= 4 is 56.4 Å². The van der Waals surface area contributed by atoms with Gasteiger partial charge in [0.1, 0.15) is 17.6 Å². The molecule has 0 unspecified atom stereocenters. The van der Waals surface area contributed by atoms with E-state index in [1.165, 1.54) is 23.9 Å². The monoisotopic (exact) mass is 642 g/mol. The Kier molecular flexibility index (Phi) is 7.61. The van der Waals surface area contributed by atoms with E-state index in [2.05, 4.69) is 56.3 Å². The zero-order valence-corrected chi connectivity index (χ0v) is 24.9. The standard InChI is InChI=1S/C31H23BrN4O3S2/c1-19-5-14-24(25(32)18-19)27-15-16-28(39-27)30-29(26-4-2-3-17-33-26)34-31(40)35(30)20-6-10-22(11-7-20)41-23-12-8-21(9-13-23)36(37)38/h2-18,29-30H,1H3,(H,34,40)/t29-,30+/m0/s1. The number of nitro benzene ring substituents is 1. The number of thiocarbonyl (C=S) groups is 1. The summed E-state index contributed by atoms with van der Waals surface area (Å²) < 4.78 is 7.47. The molecule has 0 aliphatic carbocycles. The van der Waals surface area contributed by atoms with Crippen molar-refractivity contribution in [3.05, 3.63) is 135 Å². The van der Waals surface area contributed by atoms with E-state index in [-0.39, 0.29) is 17.8 Å². The number of nitro groups is 1. The first-order valence-corrected chi connectivity index (χ1v) is 14.8. The van der Waals surface area contributed by atoms with Gasteiger partial charge in [0.25, 0.3) is 5.69 Å². The van der Waals surface area contributed by atoms with Gasteiger partial charge in [-0.25, -0.2) is 0 Å². The Balaban J connectivity index is 1.33. The van der Waals surface area contributed by atoms with Crippen LogP contribution in [0.1, 0.15) is 29.1 Å². The molecule has 1 aliphatic rings. The predicted molar refractivity (Wildman–Crippen MR) is 168 cm³/mol. The Morgan fingerprint density at radius 3 is 2.39 bits per heavy atom. The van der Waals surface area contributed by atoms with Crippen molar-refractivity contribution in [3.63, 3.8) is 0 Å². The number of rotatable bonds is 7. The zero-order chi connectivity index (χ0) is 28.5. The van der Waals surface area contributed by atoms with Crippen molar-refractivity contribution in [1.29, 1.82) is 0 Å². The number of hydrogen-bond donors (Lipinski definition) is 1. The van der Waals surface area contributed by atoms with Gasteiger partial charge in [-0.2, -0.15) is 0 Å². The maximum atomic E-state index is 11.0. The summed E-state index contributed by atoms with van der Waals surface area (Å²) >= 11 is 11.1. The molecule has 1 fully saturated rings. The van der Waals surface area contributed by atoms with E-state index >= 15 is 0 Å². The van der Waals surface area contributed by atoms with E-state index in [9.17, 15) is 10.1 Å². The molecular formula is C31H23BrN4O3S2. The predicted octanol–water partition coefficient (Wildman–Crippen LogP) is 8.65. The van der Waals surface area contributed by atoms with Crippen LogP contribution in [-0.2, 0) is 0 Å². The molecule has 2 aromatic heterocycles. The van der Waals surface area contributed by atoms with E-state index in [1.54, 1.807) is 18.3 Å². The van der Waals surface area contributed by atoms with E-state index < -0.39 is 4.92 Å². The Morgan fingerprint density at radius 2 is 1.73 bits per heavy atom. The summed E-state index contributed by atoms with van der Waals surface area (Å²) in [6, 6.07) is 30.2. The smallest absolute Gasteiger partial charge is 0.269 e. The average molecular weight is 644 g/mol. The number of nitrogens with zero attached hydrogens (tertiary/aromatic N) is 3. The lowest BCUT2D eigenvalue weighted by atomic mass is 10.0. The summed E-state index contributed by atoms with van der Waals surface area (Å²) in [6.45, 7) is 2.05. The highest BCUT2D eigenvalue weighted by Gasteiger charge is 2.42. The molecule has 0 saturated carbocycles. The van der Waals surface area contributed by atoms with Gasteiger partial charge in [0.05, 0.1) is 16.7 Å². The lowest BCUT2D eigenvalue weighted by Gasteiger charge is -2.26. The highest BCUT2D eigenvalue weighted by Crippen LogP contribution is 2.44. The summed E-state index contributed by atoms with van der Waals surface area (Å²) in [5.41, 5.74) is 3.98. The van der Waals surface area contributed by atoms with Crippen LogP contribution in [0.25, 0.3) is 11.3 Å². The molecule has 6 rings (SSSR count). The summed E-state index contributed by atoms with van der Waals surface area (Å²) in [5.74, 6) is 1.53. The van der Waals surface area contributed by atoms with Gasteiger partial charge in [-0.3, -0.25) is 15.1 Å². The van der Waals surface area contributed by atoms with Gasteiger partial charge < -0.3 is 14.6 Å². The molecule has 10 heteroatoms. The Hall–Kier alpha value is -3.99. The van der Waals surface area contributed by atoms with Crippen molar-refractivity contribution in [2.75, 3.05) is 4.90 Å². The summed E-state index contributed by atoms with van der Waals surface area (Å²) in [5, 5.41) is 15.0. The number of pyridine rings is 1. The average Bonchev–Trinajstić information content (AvgIpc) is 3.59. The molecule has 0 bridgehead atoms. The fraction of sp³-hybridized carbons (Fsp3) is 0.0968. The molecule has 3 heterocycles. The van der Waals surface area contributed by atoms with Gasteiger partial charge in [0.15, 0.2) is 5.11 Å². The number of benzene rings is 3. The Labute approximate surface area is 254 Å². The van der Waals surface area contributed by atoms with E-state index in [4.69, 9.17) is 16.6 Å². The van der Waals surface area contributed by atoms with Gasteiger partial charge in [0, 0.05) is 43.8 Å². The number of hydrogen-bond acceptors (Lipinski definition) is 6. The summed E-state index contributed by atoms with van der Waals surface area (Å²) in [6.07, 6.45) is 1.78. The number of aryl methyl sites for hydroxylation is 1. The SMILES string of the molecule is Cc1ccc(-c2ccc([C@@H]3[C@H](c4ccccn4)NC(=S)N3c3ccc(Sc4ccc([N+](=O)[O-])cc4)cc3)o2)c(Br)c1. The third-order valence-corrected chi connectivity index (χ3v) is 8.79. The Bertz CT molecular complexity index is 1730. The molecule has 0 amide bonds. The van der Waals surface area contributed by atoms with E-state index in [0.717, 1.165) is 48.3 Å². The second-order valence-electron chi connectivity index (χ2n) is 9.53. The second-order valence-corrected chi connectivity index (χ2v) is 11.9. The molecule has 204 valence electrons. The molecule has 1 N–H and O–H groups in total. The number of furan rings is 1. The zero-order valence-electron chi connectivity index (χ0n) is 21.7. The Morgan fingerprint density at radius 1 is 1.00 bits per heavy atom. The lowest BCUT2D eigenvalue weighted by Crippen LogP contribution is -2.29. The third kappa shape index (κ3) is 5.63. The quantitative estimate of drug-likeness (QED) is 0.107. The van der Waals surface area contributed by atoms with Crippen molar-refractivity contribution < 1.29 is 9.34 Å². The van der Waals surface area contributed by atoms with Gasteiger partial charge in [0.2, 0.25) is 0 Å². The fourth-order valence-corrected chi connectivity index (χ4v) is 6.70. The van der Waals surface area contributed by atoms with Gasteiger partial charge in [-0.15, -0.1) is 0 Å². The number of halogens is 1. The largest absolute Gasteiger partial charge is 0.459 e. The molecule has 7 nitrogen and oxygen atoms in total. The number of non-ortho nitro benzene ring substituents is 1. The van der Waals surface area contributed by atoms with Crippen LogP contribution in [0.3, 0.4) is 0 Å². The molecular weight excluding hydrogens is 620 g/mol. The van der Waals surface area contributed by atoms with Crippen molar-refractivity contribution in [2.45, 2.75) is 28.8 Å². The molecule has 3 aromatic carbocycles. The molecule has 1 aliphatic heterocycles. The number of aromatic nitrogens is 1. The van der Waals surface area contributed by atoms with Crippen molar-refractivity contribution in [1.82, 2.24) is 10.3 Å². The van der Waals surface area contributed by atoms with Crippen molar-refractivity contribution in [2.24, 2.45) is 0 Å². The first kappa shape index (κ1) is 27.2. The van der Waals surface area contributed by atoms with Crippen LogP contribution in [0.2, 0.25) is 0 Å². The van der Waals surface area contributed by atoms with Crippen LogP contribution in [0.4, 0.5) is 11.4 Å². The van der Waals surface area contributed by atoms with Crippen LogP contribution >= 0.6 is 39.9 Å². The molecule has 1 saturated heterocycles. The van der Waals surface area contributed by atoms with Crippen LogP contribution in [0, 0.1) is 17.0 Å². The molecule has 0 spiro atoms. The topological polar surface area (TPSA) is 84.4 Å². The minimum atomic E-state index is -0.396. The maximum Gasteiger partial charge on any atom is 0.269 e. The van der Waals surface area contributed by atoms with Gasteiger partial charge in [-0.05, 0) is 97.5 Å². The van der Waals surface area contributed by atoms with E-state index in [0.29, 0.717) is 5.11 Å². The minimum absolute atomic E-state index is 0.0732. The van der Waals surface area contributed by atoms with Crippen molar-refractivity contribution in [3.8, 4) is 11.3 Å². The highest BCUT2D eigenvalue weighted by atomic mass is 79.9. The number of anilines is 1. The van der Waals surface area contributed by atoms with Crippen LogP contribution < -0.4 is 10.2 Å². The van der Waals surface area contributed by atoms with Crippen LogP contribution in [0.15, 0.2) is 122 Å². The second kappa shape index (κ2) is 11.5. The first-order chi connectivity index (χ1) is 19.9. The third-order valence-electron chi connectivity index (χ3n) is 6.80. The molecule has 0 radical (unpaired) electrons. The van der Waals surface area contributed by atoms with E-state index in [1.807, 2.05) is 54.6 Å². The lowest BCUT2D eigenvalue weighted by molar-refractivity contribution is -0.384. The fourth-order valence-electron chi connectivity index (χ4n) is 4.85. The minimum Gasteiger partial charge on any atom is -0.459 e.